The Morgan fingerprint density at radius 1 is 1.61 bits per heavy atom. The van der Waals surface area contributed by atoms with Gasteiger partial charge < -0.3 is 15.0 Å². The topological polar surface area (TPSA) is 67.0 Å². The van der Waals surface area contributed by atoms with E-state index in [1.165, 1.54) is 0 Å². The Labute approximate surface area is 106 Å². The number of hydrogen-bond acceptors (Lipinski definition) is 4. The fraction of sp³-hybridized carbons (Fsp3) is 0.385. The molecule has 0 saturated carbocycles. The summed E-state index contributed by atoms with van der Waals surface area (Å²) in [5.74, 6) is -0.226. The Kier molecular flexibility index (Phi) is 3.94. The average Bonchev–Trinajstić information content (AvgIpc) is 2.79. The molecule has 2 N–H and O–H groups in total. The van der Waals surface area contributed by atoms with E-state index in [9.17, 15) is 4.79 Å². The first-order valence-electron chi connectivity index (χ1n) is 6.03. The second-order valence-corrected chi connectivity index (χ2v) is 4.07. The summed E-state index contributed by atoms with van der Waals surface area (Å²) in [5, 5.41) is 4.21. The maximum Gasteiger partial charge on any atom is 0.322 e. The van der Waals surface area contributed by atoms with Gasteiger partial charge in [-0.3, -0.25) is 4.79 Å². The number of hydrogen-bond donors (Lipinski definition) is 2. The molecule has 1 atom stereocenters. The molecule has 2 aromatic heterocycles. The molecule has 0 fully saturated rings. The van der Waals surface area contributed by atoms with Gasteiger partial charge in [-0.15, -0.1) is 0 Å². The highest BCUT2D eigenvalue weighted by atomic mass is 16.5. The van der Waals surface area contributed by atoms with Crippen LogP contribution in [-0.2, 0) is 16.1 Å². The van der Waals surface area contributed by atoms with Crippen molar-refractivity contribution < 1.29 is 9.53 Å². The van der Waals surface area contributed by atoms with E-state index >= 15 is 0 Å². The first-order chi connectivity index (χ1) is 8.72. The van der Waals surface area contributed by atoms with Crippen molar-refractivity contribution in [2.45, 2.75) is 26.4 Å². The quantitative estimate of drug-likeness (QED) is 0.788. The van der Waals surface area contributed by atoms with Crippen LogP contribution < -0.4 is 5.32 Å². The van der Waals surface area contributed by atoms with Gasteiger partial charge in [-0.1, -0.05) is 0 Å². The maximum absolute atomic E-state index is 11.5. The second-order valence-electron chi connectivity index (χ2n) is 4.07. The third-order valence-corrected chi connectivity index (χ3v) is 2.78. The molecule has 5 heteroatoms. The molecule has 0 aliphatic carbocycles. The molecule has 2 aromatic rings. The number of nitrogens with one attached hydrogen (secondary N) is 2. The summed E-state index contributed by atoms with van der Waals surface area (Å²) < 4.78 is 4.94. The first kappa shape index (κ1) is 12.6. The van der Waals surface area contributed by atoms with Crippen LogP contribution in [0, 0.1) is 0 Å². The Morgan fingerprint density at radius 3 is 3.22 bits per heavy atom. The van der Waals surface area contributed by atoms with Crippen molar-refractivity contribution in [1.29, 1.82) is 0 Å². The van der Waals surface area contributed by atoms with Crippen LogP contribution >= 0.6 is 0 Å². The van der Waals surface area contributed by atoms with Crippen LogP contribution in [0.15, 0.2) is 24.5 Å². The number of esters is 1. The number of aromatic amines is 1. The number of pyridine rings is 1. The van der Waals surface area contributed by atoms with Gasteiger partial charge in [0.25, 0.3) is 0 Å². The van der Waals surface area contributed by atoms with Gasteiger partial charge >= 0.3 is 5.97 Å². The minimum Gasteiger partial charge on any atom is -0.465 e. The number of rotatable bonds is 5. The van der Waals surface area contributed by atoms with Gasteiger partial charge in [0.1, 0.15) is 11.7 Å². The van der Waals surface area contributed by atoms with Gasteiger partial charge in [0, 0.05) is 24.3 Å². The highest BCUT2D eigenvalue weighted by Crippen LogP contribution is 2.15. The molecule has 0 spiro atoms. The standard InChI is InChI=1S/C13H17N3O2/c1-3-18-13(17)9(2)15-7-10-8-16-12-11(10)5-4-6-14-12/h4-6,8-9,15H,3,7H2,1-2H3,(H,14,16). The predicted molar refractivity (Wildman–Crippen MR) is 69.0 cm³/mol. The van der Waals surface area contributed by atoms with Crippen LogP contribution in [0.25, 0.3) is 11.0 Å². The van der Waals surface area contributed by atoms with E-state index in [1.54, 1.807) is 20.0 Å². The van der Waals surface area contributed by atoms with Crippen LogP contribution in [-0.4, -0.2) is 28.6 Å². The molecule has 0 aliphatic rings. The van der Waals surface area contributed by atoms with E-state index in [2.05, 4.69) is 15.3 Å². The number of ether oxygens (including phenoxy) is 1. The Bertz CT molecular complexity index is 536. The van der Waals surface area contributed by atoms with E-state index in [1.807, 2.05) is 18.3 Å². The Morgan fingerprint density at radius 2 is 2.44 bits per heavy atom. The Hall–Kier alpha value is -1.88. The lowest BCUT2D eigenvalue weighted by molar-refractivity contribution is -0.145. The molecule has 0 aromatic carbocycles. The third-order valence-electron chi connectivity index (χ3n) is 2.78. The summed E-state index contributed by atoms with van der Waals surface area (Å²) in [4.78, 5) is 18.8. The van der Waals surface area contributed by atoms with Crippen molar-refractivity contribution in [2.24, 2.45) is 0 Å². The molecule has 0 amide bonds. The number of H-pyrrole nitrogens is 1. The van der Waals surface area contributed by atoms with Gasteiger partial charge in [0.2, 0.25) is 0 Å². The molecule has 0 radical (unpaired) electrons. The molecule has 0 bridgehead atoms. The zero-order valence-electron chi connectivity index (χ0n) is 10.6. The predicted octanol–water partition coefficient (Wildman–Crippen LogP) is 1.60. The summed E-state index contributed by atoms with van der Waals surface area (Å²) in [6.45, 7) is 4.61. The fourth-order valence-electron chi connectivity index (χ4n) is 1.77. The maximum atomic E-state index is 11.5. The third kappa shape index (κ3) is 2.68. The zero-order chi connectivity index (χ0) is 13.0. The minimum atomic E-state index is -0.313. The second kappa shape index (κ2) is 5.64. The molecule has 96 valence electrons. The van der Waals surface area contributed by atoms with Gasteiger partial charge in [0.15, 0.2) is 0 Å². The van der Waals surface area contributed by atoms with E-state index in [-0.39, 0.29) is 12.0 Å². The van der Waals surface area contributed by atoms with Crippen LogP contribution in [0.2, 0.25) is 0 Å². The first-order valence-corrected chi connectivity index (χ1v) is 6.03. The molecule has 2 heterocycles. The van der Waals surface area contributed by atoms with Crippen molar-refractivity contribution in [2.75, 3.05) is 6.61 Å². The smallest absolute Gasteiger partial charge is 0.322 e. The number of carbonyl (C=O) groups excluding carboxylic acids is 1. The lowest BCUT2D eigenvalue weighted by atomic mass is 10.2. The van der Waals surface area contributed by atoms with Crippen LogP contribution in [0.3, 0.4) is 0 Å². The van der Waals surface area contributed by atoms with Crippen molar-refractivity contribution in [3.63, 3.8) is 0 Å². The van der Waals surface area contributed by atoms with Crippen LogP contribution in [0.4, 0.5) is 0 Å². The van der Waals surface area contributed by atoms with Crippen molar-refractivity contribution in [3.8, 4) is 0 Å². The molecule has 0 aliphatic heterocycles. The zero-order valence-corrected chi connectivity index (χ0v) is 10.6. The summed E-state index contributed by atoms with van der Waals surface area (Å²) in [6, 6.07) is 3.59. The SMILES string of the molecule is CCOC(=O)C(C)NCc1c[nH]c2ncccc12. The summed E-state index contributed by atoms with van der Waals surface area (Å²) in [6.07, 6.45) is 3.65. The number of aromatic nitrogens is 2. The summed E-state index contributed by atoms with van der Waals surface area (Å²) >= 11 is 0. The molecule has 18 heavy (non-hydrogen) atoms. The van der Waals surface area contributed by atoms with Crippen molar-refractivity contribution >= 4 is 17.0 Å². The minimum absolute atomic E-state index is 0.226. The van der Waals surface area contributed by atoms with E-state index in [4.69, 9.17) is 4.74 Å². The molecule has 0 saturated heterocycles. The molecule has 1 unspecified atom stereocenters. The molecular weight excluding hydrogens is 230 g/mol. The van der Waals surface area contributed by atoms with E-state index in [0.29, 0.717) is 13.2 Å². The fourth-order valence-corrected chi connectivity index (χ4v) is 1.77. The number of carbonyl (C=O) groups is 1. The van der Waals surface area contributed by atoms with Crippen LogP contribution in [0.5, 0.6) is 0 Å². The lowest BCUT2D eigenvalue weighted by Crippen LogP contribution is -2.34. The highest BCUT2D eigenvalue weighted by molar-refractivity contribution is 5.79. The van der Waals surface area contributed by atoms with Gasteiger partial charge in [-0.05, 0) is 31.5 Å². The number of fused-ring (bicyclic) bond motifs is 1. The summed E-state index contributed by atoms with van der Waals surface area (Å²) in [7, 11) is 0. The summed E-state index contributed by atoms with van der Waals surface area (Å²) in [5.41, 5.74) is 1.95. The normalized spacial score (nSPS) is 12.6. The van der Waals surface area contributed by atoms with Crippen LogP contribution in [0.1, 0.15) is 19.4 Å². The largest absolute Gasteiger partial charge is 0.465 e. The molecule has 2 rings (SSSR count). The molecular formula is C13H17N3O2. The van der Waals surface area contributed by atoms with E-state index in [0.717, 1.165) is 16.6 Å². The number of nitrogens with zero attached hydrogens (tertiary/aromatic N) is 1. The van der Waals surface area contributed by atoms with Crippen molar-refractivity contribution in [1.82, 2.24) is 15.3 Å². The molecule has 5 nitrogen and oxygen atoms in total. The van der Waals surface area contributed by atoms with Gasteiger partial charge in [-0.2, -0.15) is 0 Å². The average molecular weight is 247 g/mol. The highest BCUT2D eigenvalue weighted by Gasteiger charge is 2.13. The van der Waals surface area contributed by atoms with E-state index < -0.39 is 0 Å². The van der Waals surface area contributed by atoms with Crippen molar-refractivity contribution in [3.05, 3.63) is 30.1 Å². The van der Waals surface area contributed by atoms with Gasteiger partial charge in [-0.25, -0.2) is 4.98 Å². The monoisotopic (exact) mass is 247 g/mol. The van der Waals surface area contributed by atoms with Gasteiger partial charge in [0.05, 0.1) is 6.61 Å². The lowest BCUT2D eigenvalue weighted by Gasteiger charge is -2.11. The Balaban J connectivity index is 2.00.